The van der Waals surface area contributed by atoms with E-state index in [2.05, 4.69) is 20.6 Å². The standard InChI is InChI=1S/C15H24N6O/c1-2-12-10-21-15(17-11-18-21)19-14(12)13(3-1)16-4-5-20-6-8-22-9-7-20/h11,13,16H,1-10H2,(H,17,18,19). The SMILES string of the molecule is C1=NC2=NC3=C(CCCC3NCCN3CCOCC3)CN2N1. The first-order chi connectivity index (χ1) is 10.9. The van der Waals surface area contributed by atoms with Crippen molar-refractivity contribution in [2.45, 2.75) is 25.3 Å². The van der Waals surface area contributed by atoms with Crippen molar-refractivity contribution in [3.05, 3.63) is 11.3 Å². The normalized spacial score (nSPS) is 28.3. The van der Waals surface area contributed by atoms with Gasteiger partial charge in [-0.3, -0.25) is 10.3 Å². The second-order valence-corrected chi connectivity index (χ2v) is 6.23. The van der Waals surface area contributed by atoms with Gasteiger partial charge in [-0.15, -0.1) is 0 Å². The summed E-state index contributed by atoms with van der Waals surface area (Å²) in [4.78, 5) is 11.5. The Balaban J connectivity index is 1.36. The van der Waals surface area contributed by atoms with Crippen LogP contribution in [0.2, 0.25) is 0 Å². The first-order valence-corrected chi connectivity index (χ1v) is 8.30. The lowest BCUT2D eigenvalue weighted by molar-refractivity contribution is 0.0382. The van der Waals surface area contributed by atoms with Crippen molar-refractivity contribution in [3.8, 4) is 0 Å². The minimum atomic E-state index is 0.384. The van der Waals surface area contributed by atoms with Crippen LogP contribution in [0, 0.1) is 0 Å². The van der Waals surface area contributed by atoms with E-state index in [0.29, 0.717) is 6.04 Å². The topological polar surface area (TPSA) is 64.5 Å². The highest BCUT2D eigenvalue weighted by Gasteiger charge is 2.30. The van der Waals surface area contributed by atoms with E-state index in [0.717, 1.165) is 58.3 Å². The quantitative estimate of drug-likeness (QED) is 0.761. The van der Waals surface area contributed by atoms with Gasteiger partial charge in [0, 0.05) is 32.2 Å². The number of hydrogen-bond acceptors (Lipinski definition) is 7. The predicted molar refractivity (Wildman–Crippen MR) is 85.7 cm³/mol. The number of morpholine rings is 1. The number of ether oxygens (including phenoxy) is 1. The van der Waals surface area contributed by atoms with Crippen molar-refractivity contribution in [1.82, 2.24) is 20.7 Å². The van der Waals surface area contributed by atoms with Gasteiger partial charge in [0.25, 0.3) is 0 Å². The number of fused-ring (bicyclic) bond motifs is 1. The van der Waals surface area contributed by atoms with Crippen LogP contribution >= 0.6 is 0 Å². The summed E-state index contributed by atoms with van der Waals surface area (Å²) in [7, 11) is 0. The minimum absolute atomic E-state index is 0.384. The van der Waals surface area contributed by atoms with Gasteiger partial charge in [-0.2, -0.15) is 0 Å². The zero-order chi connectivity index (χ0) is 14.8. The van der Waals surface area contributed by atoms with Gasteiger partial charge in [0.2, 0.25) is 5.96 Å². The summed E-state index contributed by atoms with van der Waals surface area (Å²) in [6.07, 6.45) is 5.30. The Hall–Kier alpha value is -1.44. The van der Waals surface area contributed by atoms with Gasteiger partial charge >= 0.3 is 0 Å². The van der Waals surface area contributed by atoms with Gasteiger partial charge in [0.05, 0.1) is 25.5 Å². The number of hydrogen-bond donors (Lipinski definition) is 2. The molecule has 2 N–H and O–H groups in total. The number of guanidine groups is 1. The molecule has 120 valence electrons. The van der Waals surface area contributed by atoms with Crippen LogP contribution < -0.4 is 10.7 Å². The third-order valence-electron chi connectivity index (χ3n) is 4.79. The van der Waals surface area contributed by atoms with Crippen LogP contribution in [0.5, 0.6) is 0 Å². The molecule has 0 aromatic heterocycles. The van der Waals surface area contributed by atoms with Crippen LogP contribution in [0.15, 0.2) is 21.3 Å². The molecule has 1 aliphatic carbocycles. The summed E-state index contributed by atoms with van der Waals surface area (Å²) in [6, 6.07) is 0.384. The zero-order valence-electron chi connectivity index (χ0n) is 12.9. The van der Waals surface area contributed by atoms with E-state index >= 15 is 0 Å². The van der Waals surface area contributed by atoms with Gasteiger partial charge in [0.1, 0.15) is 6.34 Å². The fraction of sp³-hybridized carbons (Fsp3) is 0.733. The Labute approximate surface area is 131 Å². The van der Waals surface area contributed by atoms with E-state index < -0.39 is 0 Å². The summed E-state index contributed by atoms with van der Waals surface area (Å²) >= 11 is 0. The van der Waals surface area contributed by atoms with E-state index in [1.807, 2.05) is 5.01 Å². The van der Waals surface area contributed by atoms with Crippen molar-refractivity contribution < 1.29 is 4.74 Å². The van der Waals surface area contributed by atoms with Gasteiger partial charge in [0.15, 0.2) is 0 Å². The second kappa shape index (κ2) is 6.36. The van der Waals surface area contributed by atoms with Crippen molar-refractivity contribution in [1.29, 1.82) is 0 Å². The molecule has 22 heavy (non-hydrogen) atoms. The molecule has 4 aliphatic rings. The fourth-order valence-corrected chi connectivity index (χ4v) is 3.56. The van der Waals surface area contributed by atoms with Crippen molar-refractivity contribution in [3.63, 3.8) is 0 Å². The molecule has 7 heteroatoms. The van der Waals surface area contributed by atoms with Gasteiger partial charge < -0.3 is 10.1 Å². The smallest absolute Gasteiger partial charge is 0.246 e. The third kappa shape index (κ3) is 2.88. The zero-order valence-corrected chi connectivity index (χ0v) is 12.9. The van der Waals surface area contributed by atoms with Crippen LogP contribution in [0.1, 0.15) is 19.3 Å². The first kappa shape index (κ1) is 14.2. The predicted octanol–water partition coefficient (Wildman–Crippen LogP) is -0.0671. The molecular formula is C15H24N6O. The third-order valence-corrected chi connectivity index (χ3v) is 4.79. The number of hydrazine groups is 1. The maximum absolute atomic E-state index is 5.40. The molecule has 0 aromatic rings. The Morgan fingerprint density at radius 1 is 1.36 bits per heavy atom. The maximum atomic E-state index is 5.40. The molecule has 0 aromatic carbocycles. The largest absolute Gasteiger partial charge is 0.379 e. The summed E-state index contributed by atoms with van der Waals surface area (Å²) < 4.78 is 5.40. The van der Waals surface area contributed by atoms with Crippen molar-refractivity contribution >= 4 is 12.3 Å². The molecule has 4 rings (SSSR count). The molecule has 7 nitrogen and oxygen atoms in total. The first-order valence-electron chi connectivity index (χ1n) is 8.30. The molecule has 3 heterocycles. The Morgan fingerprint density at radius 2 is 2.27 bits per heavy atom. The lowest BCUT2D eigenvalue weighted by atomic mass is 9.91. The highest BCUT2D eigenvalue weighted by atomic mass is 16.5. The summed E-state index contributed by atoms with van der Waals surface area (Å²) in [5.41, 5.74) is 5.82. The van der Waals surface area contributed by atoms with E-state index in [1.165, 1.54) is 24.1 Å². The monoisotopic (exact) mass is 304 g/mol. The fourth-order valence-electron chi connectivity index (χ4n) is 3.56. The molecule has 1 atom stereocenters. The van der Waals surface area contributed by atoms with Gasteiger partial charge in [-0.05, 0) is 24.8 Å². The Kier molecular flexibility index (Phi) is 4.09. The molecule has 0 saturated carbocycles. The lowest BCUT2D eigenvalue weighted by Gasteiger charge is -2.33. The molecule has 1 unspecified atom stereocenters. The van der Waals surface area contributed by atoms with Gasteiger partial charge in [-0.25, -0.2) is 15.0 Å². The van der Waals surface area contributed by atoms with E-state index in [1.54, 1.807) is 6.34 Å². The maximum Gasteiger partial charge on any atom is 0.246 e. The van der Waals surface area contributed by atoms with Crippen LogP contribution in [-0.4, -0.2) is 74.2 Å². The number of rotatable bonds is 4. The average molecular weight is 304 g/mol. The molecule has 0 bridgehead atoms. The highest BCUT2D eigenvalue weighted by molar-refractivity contribution is 5.93. The second-order valence-electron chi connectivity index (χ2n) is 6.23. The lowest BCUT2D eigenvalue weighted by Crippen LogP contribution is -2.46. The van der Waals surface area contributed by atoms with E-state index in [-0.39, 0.29) is 0 Å². The van der Waals surface area contributed by atoms with E-state index in [4.69, 9.17) is 9.73 Å². The van der Waals surface area contributed by atoms with Crippen molar-refractivity contribution in [2.24, 2.45) is 9.98 Å². The summed E-state index contributed by atoms with van der Waals surface area (Å²) in [5, 5.41) is 5.73. The summed E-state index contributed by atoms with van der Waals surface area (Å²) in [6.45, 7) is 6.86. The van der Waals surface area contributed by atoms with Crippen molar-refractivity contribution in [2.75, 3.05) is 45.9 Å². The van der Waals surface area contributed by atoms with E-state index in [9.17, 15) is 0 Å². The molecule has 0 amide bonds. The number of nitrogens with one attached hydrogen (secondary N) is 2. The van der Waals surface area contributed by atoms with Crippen LogP contribution in [-0.2, 0) is 4.74 Å². The Bertz CT molecular complexity index is 508. The number of aliphatic imine (C=N–C) groups is 2. The molecular weight excluding hydrogens is 280 g/mol. The average Bonchev–Trinajstić information content (AvgIpc) is 3.01. The molecule has 1 saturated heterocycles. The molecule has 1 fully saturated rings. The van der Waals surface area contributed by atoms with Crippen LogP contribution in [0.4, 0.5) is 0 Å². The molecule has 3 aliphatic heterocycles. The molecule has 0 spiro atoms. The Morgan fingerprint density at radius 3 is 3.18 bits per heavy atom. The summed E-state index contributed by atoms with van der Waals surface area (Å²) in [5.74, 6) is 0.806. The van der Waals surface area contributed by atoms with Crippen LogP contribution in [0.25, 0.3) is 0 Å². The van der Waals surface area contributed by atoms with Crippen LogP contribution in [0.3, 0.4) is 0 Å². The minimum Gasteiger partial charge on any atom is -0.379 e. The highest BCUT2D eigenvalue weighted by Crippen LogP contribution is 2.30. The van der Waals surface area contributed by atoms with Gasteiger partial charge in [-0.1, -0.05) is 0 Å². The number of nitrogens with zero attached hydrogens (tertiary/aromatic N) is 4. The molecule has 0 radical (unpaired) electrons.